The van der Waals surface area contributed by atoms with Crippen LogP contribution in [0.2, 0.25) is 0 Å². The molecule has 3 aliphatic rings. The van der Waals surface area contributed by atoms with E-state index in [-0.39, 0.29) is 23.6 Å². The smallest absolute Gasteiger partial charge is 0.255 e. The molecule has 4 aromatic rings. The minimum Gasteiger partial charge on any atom is -0.506 e. The van der Waals surface area contributed by atoms with Crippen molar-refractivity contribution in [1.82, 2.24) is 29.8 Å². The summed E-state index contributed by atoms with van der Waals surface area (Å²) in [4.78, 5) is 30.5. The molecule has 2 aromatic carbocycles. The maximum Gasteiger partial charge on any atom is 0.255 e. The summed E-state index contributed by atoms with van der Waals surface area (Å²) in [5, 5.41) is 23.9. The third kappa shape index (κ3) is 3.88. The van der Waals surface area contributed by atoms with Crippen LogP contribution in [-0.2, 0) is 17.6 Å². The minimum atomic E-state index is -0.381. The summed E-state index contributed by atoms with van der Waals surface area (Å²) in [6.45, 7) is 4.96. The van der Waals surface area contributed by atoms with E-state index in [9.17, 15) is 14.7 Å². The quantitative estimate of drug-likeness (QED) is 0.327. The molecule has 9 nitrogen and oxygen atoms in total. The number of aromatic amines is 1. The number of H-pyrrole nitrogens is 1. The van der Waals surface area contributed by atoms with Crippen molar-refractivity contribution >= 4 is 38.6 Å². The van der Waals surface area contributed by atoms with Crippen molar-refractivity contribution in [2.75, 3.05) is 19.6 Å². The highest BCUT2D eigenvalue weighted by Gasteiger charge is 2.40. The van der Waals surface area contributed by atoms with Gasteiger partial charge in [-0.15, -0.1) is 0 Å². The molecule has 1 atom stereocenters. The highest BCUT2D eigenvalue weighted by molar-refractivity contribution is 9.10. The summed E-state index contributed by atoms with van der Waals surface area (Å²) in [5.41, 5.74) is 5.94. The Bertz CT molecular complexity index is 1690. The average molecular weight is 602 g/mol. The van der Waals surface area contributed by atoms with Crippen molar-refractivity contribution in [2.24, 2.45) is 0 Å². The number of hydrogen-bond donors (Lipinski definition) is 2. The standard InChI is InChI=1S/C30H29BrN6O3/c1-2-27(39)35-12-10-22-28-24(37(34-22)23-9-6-18(14-26(23)38)17-4-3-5-17)11-13-36(25(28)16-35)30(40)19-7-8-21(31)29-20(19)15-32-33-29/h2,6-9,14-15,17,25,38H,1,3-5,10-13,16H2,(H,32,33)/t25-/m0/s1. The first-order valence-corrected chi connectivity index (χ1v) is 14.5. The Hall–Kier alpha value is -3.92. The van der Waals surface area contributed by atoms with E-state index in [1.165, 1.54) is 18.1 Å². The van der Waals surface area contributed by atoms with E-state index in [4.69, 9.17) is 5.10 Å². The van der Waals surface area contributed by atoms with Gasteiger partial charge in [0.15, 0.2) is 0 Å². The van der Waals surface area contributed by atoms with Gasteiger partial charge in [0.25, 0.3) is 5.91 Å². The fourth-order valence-electron chi connectivity index (χ4n) is 6.42. The third-order valence-electron chi connectivity index (χ3n) is 8.76. The molecule has 2 aliphatic heterocycles. The molecule has 40 heavy (non-hydrogen) atoms. The molecule has 0 bridgehead atoms. The zero-order valence-electron chi connectivity index (χ0n) is 21.9. The zero-order valence-corrected chi connectivity index (χ0v) is 23.5. The average Bonchev–Trinajstić information content (AvgIpc) is 3.51. The molecule has 10 heteroatoms. The van der Waals surface area contributed by atoms with Crippen LogP contribution in [-0.4, -0.2) is 66.3 Å². The molecule has 0 saturated heterocycles. The van der Waals surface area contributed by atoms with Gasteiger partial charge < -0.3 is 14.9 Å². The normalized spacial score (nSPS) is 18.8. The number of carbonyl (C=O) groups excluding carboxylic acids is 2. The van der Waals surface area contributed by atoms with Crippen LogP contribution in [0.15, 0.2) is 53.7 Å². The molecule has 1 fully saturated rings. The summed E-state index contributed by atoms with van der Waals surface area (Å²) in [6, 6.07) is 9.22. The number of phenolic OH excluding ortho intramolecular Hbond substituents is 1. The van der Waals surface area contributed by atoms with Crippen LogP contribution in [0, 0.1) is 0 Å². The second-order valence-corrected chi connectivity index (χ2v) is 11.7. The van der Waals surface area contributed by atoms with Crippen LogP contribution in [0.5, 0.6) is 5.75 Å². The summed E-state index contributed by atoms with van der Waals surface area (Å²) in [6.07, 6.45) is 7.68. The number of aromatic hydroxyl groups is 1. The predicted molar refractivity (Wildman–Crippen MR) is 154 cm³/mol. The Kier molecular flexibility index (Phi) is 6.03. The molecule has 0 unspecified atom stereocenters. The summed E-state index contributed by atoms with van der Waals surface area (Å²) < 4.78 is 2.69. The molecule has 0 radical (unpaired) electrons. The van der Waals surface area contributed by atoms with Gasteiger partial charge in [-0.25, -0.2) is 4.68 Å². The van der Waals surface area contributed by atoms with Gasteiger partial charge in [-0.05, 0) is 70.6 Å². The van der Waals surface area contributed by atoms with E-state index in [1.54, 1.807) is 11.1 Å². The summed E-state index contributed by atoms with van der Waals surface area (Å²) >= 11 is 3.53. The number of nitrogens with one attached hydrogen (secondary N) is 1. The largest absolute Gasteiger partial charge is 0.506 e. The van der Waals surface area contributed by atoms with E-state index in [0.29, 0.717) is 49.6 Å². The van der Waals surface area contributed by atoms with Gasteiger partial charge >= 0.3 is 0 Å². The van der Waals surface area contributed by atoms with Crippen molar-refractivity contribution in [1.29, 1.82) is 0 Å². The van der Waals surface area contributed by atoms with E-state index in [2.05, 4.69) is 38.8 Å². The van der Waals surface area contributed by atoms with Crippen LogP contribution >= 0.6 is 15.9 Å². The van der Waals surface area contributed by atoms with Crippen molar-refractivity contribution in [3.8, 4) is 11.4 Å². The first kappa shape index (κ1) is 25.1. The Morgan fingerprint density at radius 1 is 1.15 bits per heavy atom. The number of halogens is 1. The fourth-order valence-corrected chi connectivity index (χ4v) is 6.86. The molecular formula is C30H29BrN6O3. The number of aromatic nitrogens is 4. The molecule has 1 saturated carbocycles. The summed E-state index contributed by atoms with van der Waals surface area (Å²) in [5.74, 6) is 0.454. The van der Waals surface area contributed by atoms with Crippen molar-refractivity contribution in [3.05, 3.63) is 81.7 Å². The van der Waals surface area contributed by atoms with Crippen molar-refractivity contribution < 1.29 is 14.7 Å². The zero-order chi connectivity index (χ0) is 27.5. The number of hydrogen-bond acceptors (Lipinski definition) is 5. The lowest BCUT2D eigenvalue weighted by molar-refractivity contribution is -0.126. The molecule has 2 N–H and O–H groups in total. The number of amides is 2. The Balaban J connectivity index is 1.31. The molecule has 204 valence electrons. The molecule has 4 heterocycles. The van der Waals surface area contributed by atoms with Crippen LogP contribution in [0.25, 0.3) is 16.6 Å². The van der Waals surface area contributed by atoms with Crippen molar-refractivity contribution in [2.45, 2.75) is 44.1 Å². The van der Waals surface area contributed by atoms with Crippen LogP contribution < -0.4 is 0 Å². The number of nitrogens with zero attached hydrogens (tertiary/aromatic N) is 5. The van der Waals surface area contributed by atoms with E-state index < -0.39 is 0 Å². The molecule has 2 aromatic heterocycles. The molecular weight excluding hydrogens is 572 g/mol. The van der Waals surface area contributed by atoms with E-state index >= 15 is 0 Å². The van der Waals surface area contributed by atoms with Crippen molar-refractivity contribution in [3.63, 3.8) is 0 Å². The molecule has 1 aliphatic carbocycles. The Labute approximate surface area is 239 Å². The van der Waals surface area contributed by atoms with E-state index in [0.717, 1.165) is 45.2 Å². The fraction of sp³-hybridized carbons (Fsp3) is 0.333. The second-order valence-electron chi connectivity index (χ2n) is 10.9. The van der Waals surface area contributed by atoms with Gasteiger partial charge in [-0.3, -0.25) is 14.7 Å². The maximum atomic E-state index is 14.1. The number of carbonyl (C=O) groups is 2. The lowest BCUT2D eigenvalue weighted by atomic mass is 9.80. The SMILES string of the molecule is C=CC(=O)N1CCc2nn(-c3ccc(C4CCC4)cc3O)c3c2[C@H](C1)N(C(=O)c1ccc(Br)c2[nH]ncc12)CC3. The third-order valence-corrected chi connectivity index (χ3v) is 9.42. The molecule has 2 amide bonds. The lowest BCUT2D eigenvalue weighted by Crippen LogP contribution is -2.45. The van der Waals surface area contributed by atoms with Gasteiger partial charge in [0, 0.05) is 47.9 Å². The number of rotatable bonds is 4. The van der Waals surface area contributed by atoms with Crippen LogP contribution in [0.3, 0.4) is 0 Å². The molecule has 7 rings (SSSR count). The highest BCUT2D eigenvalue weighted by atomic mass is 79.9. The first-order chi connectivity index (χ1) is 19.4. The van der Waals surface area contributed by atoms with E-state index in [1.807, 2.05) is 33.8 Å². The highest BCUT2D eigenvalue weighted by Crippen LogP contribution is 2.41. The number of phenols is 1. The Morgan fingerprint density at radius 2 is 2.00 bits per heavy atom. The monoisotopic (exact) mass is 600 g/mol. The lowest BCUT2D eigenvalue weighted by Gasteiger charge is -2.38. The van der Waals surface area contributed by atoms with Gasteiger partial charge in [-0.1, -0.05) is 19.1 Å². The van der Waals surface area contributed by atoms with Gasteiger partial charge in [0.1, 0.15) is 11.4 Å². The topological polar surface area (TPSA) is 107 Å². The second kappa shape index (κ2) is 9.62. The Morgan fingerprint density at radius 3 is 2.75 bits per heavy atom. The minimum absolute atomic E-state index is 0.117. The van der Waals surface area contributed by atoms with Gasteiger partial charge in [0.05, 0.1) is 34.7 Å². The van der Waals surface area contributed by atoms with Gasteiger partial charge in [0.2, 0.25) is 5.91 Å². The first-order valence-electron chi connectivity index (χ1n) is 13.7. The predicted octanol–water partition coefficient (Wildman–Crippen LogP) is 4.79. The number of fused-ring (bicyclic) bond motifs is 1. The van der Waals surface area contributed by atoms with Crippen LogP contribution in [0.4, 0.5) is 0 Å². The number of benzene rings is 2. The maximum absolute atomic E-state index is 14.1. The van der Waals surface area contributed by atoms with Crippen LogP contribution in [0.1, 0.15) is 64.1 Å². The van der Waals surface area contributed by atoms with Gasteiger partial charge in [-0.2, -0.15) is 10.2 Å². The summed E-state index contributed by atoms with van der Waals surface area (Å²) in [7, 11) is 0. The molecule has 0 spiro atoms.